The van der Waals surface area contributed by atoms with Crippen LogP contribution in [-0.4, -0.2) is 11.2 Å². The Morgan fingerprint density at radius 3 is 2.86 bits per heavy atom. The Bertz CT molecular complexity index is 346. The first-order chi connectivity index (χ1) is 6.63. The quantitative estimate of drug-likeness (QED) is 0.621. The molecule has 0 atom stereocenters. The van der Waals surface area contributed by atoms with Gasteiger partial charge in [-0.2, -0.15) is 0 Å². The Balaban J connectivity index is 2.72. The summed E-state index contributed by atoms with van der Waals surface area (Å²) in [5.74, 6) is -0.0371. The van der Waals surface area contributed by atoms with E-state index >= 15 is 0 Å². The molecule has 0 aromatic heterocycles. The zero-order chi connectivity index (χ0) is 10.6. The van der Waals surface area contributed by atoms with Crippen molar-refractivity contribution in [1.82, 2.24) is 0 Å². The van der Waals surface area contributed by atoms with Crippen LogP contribution in [-0.2, 0) is 4.79 Å². The summed E-state index contributed by atoms with van der Waals surface area (Å²) in [6, 6.07) is 5.51. The number of hydrogen-bond acceptors (Lipinski definition) is 1. The summed E-state index contributed by atoms with van der Waals surface area (Å²) in [5, 5.41) is 3.96. The number of carbonyl (C=O) groups excluding carboxylic acids is 1. The molecule has 0 radical (unpaired) electrons. The number of halogens is 3. The second-order valence-corrected chi connectivity index (χ2v) is 5.06. The summed E-state index contributed by atoms with van der Waals surface area (Å²) >= 11 is 11.3. The summed E-state index contributed by atoms with van der Waals surface area (Å²) in [7, 11) is 0. The average Bonchev–Trinajstić information content (AvgIpc) is 2.10. The minimum absolute atomic E-state index is 0.0371. The molecule has 5 heteroatoms. The van der Waals surface area contributed by atoms with E-state index in [0.29, 0.717) is 22.5 Å². The van der Waals surface area contributed by atoms with Crippen molar-refractivity contribution < 1.29 is 4.79 Å². The van der Waals surface area contributed by atoms with Crippen LogP contribution in [0, 0.1) is 3.57 Å². The van der Waals surface area contributed by atoms with Gasteiger partial charge >= 0.3 is 0 Å². The zero-order valence-electron chi connectivity index (χ0n) is 7.19. The fourth-order valence-corrected chi connectivity index (χ4v) is 2.15. The van der Waals surface area contributed by atoms with Crippen LogP contribution in [0.15, 0.2) is 18.2 Å². The smallest absolute Gasteiger partial charge is 0.225 e. The van der Waals surface area contributed by atoms with Gasteiger partial charge in [-0.05, 0) is 40.8 Å². The molecule has 0 heterocycles. The zero-order valence-corrected chi connectivity index (χ0v) is 11.7. The van der Waals surface area contributed by atoms with E-state index in [2.05, 4.69) is 43.8 Å². The lowest BCUT2D eigenvalue weighted by Gasteiger charge is -2.06. The maximum Gasteiger partial charge on any atom is 0.225 e. The molecule has 1 rings (SSSR count). The minimum Gasteiger partial charge on any atom is -0.325 e. The second-order valence-electron chi connectivity index (χ2n) is 2.61. The van der Waals surface area contributed by atoms with Gasteiger partial charge in [0.1, 0.15) is 0 Å². The summed E-state index contributed by atoms with van der Waals surface area (Å²) < 4.78 is 1.05. The van der Waals surface area contributed by atoms with Crippen molar-refractivity contribution in [2.75, 3.05) is 10.6 Å². The normalized spacial score (nSPS) is 9.93. The number of alkyl halides is 1. The van der Waals surface area contributed by atoms with Crippen LogP contribution >= 0.6 is 50.1 Å². The lowest BCUT2D eigenvalue weighted by Crippen LogP contribution is -2.11. The molecule has 1 N–H and O–H groups in total. The molecule has 0 aliphatic carbocycles. The molecule has 14 heavy (non-hydrogen) atoms. The van der Waals surface area contributed by atoms with Gasteiger partial charge in [-0.1, -0.05) is 27.5 Å². The summed E-state index contributed by atoms with van der Waals surface area (Å²) in [5.41, 5.74) is 0.665. The van der Waals surface area contributed by atoms with E-state index in [0.717, 1.165) is 3.57 Å². The SMILES string of the molecule is O=C(CCBr)Nc1ccc(I)cc1Cl. The van der Waals surface area contributed by atoms with E-state index in [1.807, 2.05) is 12.1 Å². The molecule has 0 fully saturated rings. The van der Waals surface area contributed by atoms with E-state index in [-0.39, 0.29) is 5.91 Å². The Kier molecular flexibility index (Phi) is 5.19. The standard InChI is InChI=1S/C9H8BrClINO/c10-4-3-9(14)13-8-2-1-6(12)5-7(8)11/h1-2,5H,3-4H2,(H,13,14). The van der Waals surface area contributed by atoms with Gasteiger partial charge < -0.3 is 5.32 Å². The molecule has 0 spiro atoms. The van der Waals surface area contributed by atoms with Gasteiger partial charge in [0.2, 0.25) is 5.91 Å². The van der Waals surface area contributed by atoms with E-state index in [9.17, 15) is 4.79 Å². The van der Waals surface area contributed by atoms with Crippen molar-refractivity contribution >= 4 is 61.7 Å². The molecule has 0 bridgehead atoms. The predicted molar refractivity (Wildman–Crippen MR) is 71.2 cm³/mol. The van der Waals surface area contributed by atoms with Gasteiger partial charge in [0.15, 0.2) is 0 Å². The fourth-order valence-electron chi connectivity index (χ4n) is 0.889. The number of hydrogen-bond donors (Lipinski definition) is 1. The number of benzene rings is 1. The molecule has 0 aliphatic rings. The molecule has 0 unspecified atom stereocenters. The van der Waals surface area contributed by atoms with Gasteiger partial charge in [-0.3, -0.25) is 4.79 Å². The Hall–Kier alpha value is 0.190. The van der Waals surface area contributed by atoms with Crippen molar-refractivity contribution in [1.29, 1.82) is 0 Å². The highest BCUT2D eigenvalue weighted by Crippen LogP contribution is 2.23. The van der Waals surface area contributed by atoms with Crippen LogP contribution in [0.25, 0.3) is 0 Å². The van der Waals surface area contributed by atoms with Gasteiger partial charge in [-0.15, -0.1) is 0 Å². The van der Waals surface area contributed by atoms with Crippen LogP contribution in [0.2, 0.25) is 5.02 Å². The van der Waals surface area contributed by atoms with Gasteiger partial charge in [0.25, 0.3) is 0 Å². The molecule has 0 saturated heterocycles. The van der Waals surface area contributed by atoms with Crippen molar-refractivity contribution in [3.05, 3.63) is 26.8 Å². The van der Waals surface area contributed by atoms with E-state index in [4.69, 9.17) is 11.6 Å². The molecule has 0 saturated carbocycles. The third-order valence-corrected chi connectivity index (χ3v) is 2.91. The number of rotatable bonds is 3. The van der Waals surface area contributed by atoms with Crippen LogP contribution in [0.5, 0.6) is 0 Å². The van der Waals surface area contributed by atoms with Crippen molar-refractivity contribution in [3.8, 4) is 0 Å². The topological polar surface area (TPSA) is 29.1 Å². The largest absolute Gasteiger partial charge is 0.325 e. The molecular weight excluding hydrogens is 380 g/mol. The first kappa shape index (κ1) is 12.3. The van der Waals surface area contributed by atoms with E-state index in [1.165, 1.54) is 0 Å². The summed E-state index contributed by atoms with van der Waals surface area (Å²) in [6.07, 6.45) is 0.447. The van der Waals surface area contributed by atoms with Gasteiger partial charge in [-0.25, -0.2) is 0 Å². The van der Waals surface area contributed by atoms with Crippen LogP contribution in [0.4, 0.5) is 5.69 Å². The number of anilines is 1. The van der Waals surface area contributed by atoms with Gasteiger partial charge in [0, 0.05) is 15.3 Å². The fraction of sp³-hybridized carbons (Fsp3) is 0.222. The molecule has 1 aromatic carbocycles. The number of amides is 1. The molecule has 0 aliphatic heterocycles. The first-order valence-corrected chi connectivity index (χ1v) is 6.52. The molecule has 2 nitrogen and oxygen atoms in total. The van der Waals surface area contributed by atoms with Crippen molar-refractivity contribution in [2.45, 2.75) is 6.42 Å². The summed E-state index contributed by atoms with van der Waals surface area (Å²) in [4.78, 5) is 11.2. The second kappa shape index (κ2) is 5.92. The van der Waals surface area contributed by atoms with Crippen molar-refractivity contribution in [3.63, 3.8) is 0 Å². The average molecular weight is 388 g/mol. The van der Waals surface area contributed by atoms with Crippen LogP contribution < -0.4 is 5.32 Å². The third kappa shape index (κ3) is 3.74. The molecule has 1 aromatic rings. The molecular formula is C9H8BrClINO. The highest BCUT2D eigenvalue weighted by atomic mass is 127. The predicted octanol–water partition coefficient (Wildman–Crippen LogP) is 3.67. The Labute approximate surface area is 110 Å². The Morgan fingerprint density at radius 2 is 2.29 bits per heavy atom. The highest BCUT2D eigenvalue weighted by molar-refractivity contribution is 14.1. The number of carbonyl (C=O) groups is 1. The third-order valence-electron chi connectivity index (χ3n) is 1.53. The minimum atomic E-state index is -0.0371. The van der Waals surface area contributed by atoms with E-state index in [1.54, 1.807) is 6.07 Å². The lowest BCUT2D eigenvalue weighted by molar-refractivity contribution is -0.115. The lowest BCUT2D eigenvalue weighted by atomic mass is 10.3. The van der Waals surface area contributed by atoms with Crippen LogP contribution in [0.1, 0.15) is 6.42 Å². The maximum atomic E-state index is 11.2. The van der Waals surface area contributed by atoms with E-state index < -0.39 is 0 Å². The van der Waals surface area contributed by atoms with Gasteiger partial charge in [0.05, 0.1) is 10.7 Å². The van der Waals surface area contributed by atoms with Crippen molar-refractivity contribution in [2.24, 2.45) is 0 Å². The maximum absolute atomic E-state index is 11.2. The highest BCUT2D eigenvalue weighted by Gasteiger charge is 2.04. The molecule has 1 amide bonds. The first-order valence-electron chi connectivity index (χ1n) is 3.94. The van der Waals surface area contributed by atoms with Crippen LogP contribution in [0.3, 0.4) is 0 Å². The number of nitrogens with one attached hydrogen (secondary N) is 1. The monoisotopic (exact) mass is 387 g/mol. The summed E-state index contributed by atoms with van der Waals surface area (Å²) in [6.45, 7) is 0. The Morgan fingerprint density at radius 1 is 1.57 bits per heavy atom. The molecule has 76 valence electrons.